The Bertz CT molecular complexity index is 562. The van der Waals surface area contributed by atoms with Gasteiger partial charge in [-0.2, -0.15) is 0 Å². The molecule has 0 aromatic heterocycles. The Labute approximate surface area is 166 Å². The average Bonchev–Trinajstić information content (AvgIpc) is 2.34. The third kappa shape index (κ3) is 8.35. The first-order valence-corrected chi connectivity index (χ1v) is 6.30. The minimum absolute atomic E-state index is 0. The molecule has 0 amide bonds. The van der Waals surface area contributed by atoms with Crippen LogP contribution in [0.2, 0.25) is 0 Å². The average molecular weight is 390 g/mol. The molecule has 0 saturated heterocycles. The van der Waals surface area contributed by atoms with Crippen LogP contribution in [0, 0.1) is 0 Å². The first-order chi connectivity index (χ1) is 11.2. The molecule has 26 heavy (non-hydrogen) atoms. The maximum absolute atomic E-state index is 11.4. The third-order valence-corrected chi connectivity index (χ3v) is 2.78. The summed E-state index contributed by atoms with van der Waals surface area (Å²) in [6, 6.07) is 0. The molecular formula is C12H15NaO13. The van der Waals surface area contributed by atoms with Crippen molar-refractivity contribution >= 4 is 65.4 Å². The molecule has 0 heterocycles. The van der Waals surface area contributed by atoms with Crippen molar-refractivity contribution in [3.8, 4) is 0 Å². The molecule has 0 fully saturated rings. The zero-order valence-corrected chi connectivity index (χ0v) is 12.4. The fourth-order valence-corrected chi connectivity index (χ4v) is 1.60. The topological polar surface area (TPSA) is 233 Å². The number of aliphatic carboxylic acids is 4. The number of hydrogen-bond acceptors (Lipinski definition) is 9. The van der Waals surface area contributed by atoms with E-state index in [4.69, 9.17) is 20.4 Å². The maximum atomic E-state index is 11.4. The van der Waals surface area contributed by atoms with Gasteiger partial charge in [0, 0.05) is 0 Å². The van der Waals surface area contributed by atoms with Crippen LogP contribution in [0.3, 0.4) is 0 Å². The number of hydrogen-bond donors (Lipinski definition) is 6. The summed E-state index contributed by atoms with van der Waals surface area (Å²) >= 11 is 0. The van der Waals surface area contributed by atoms with Gasteiger partial charge in [0.25, 0.3) is 0 Å². The van der Waals surface area contributed by atoms with Crippen LogP contribution >= 0.6 is 0 Å². The van der Waals surface area contributed by atoms with Crippen LogP contribution in [0.4, 0.5) is 0 Å². The third-order valence-electron chi connectivity index (χ3n) is 2.78. The molecule has 14 heteroatoms. The predicted molar refractivity (Wildman–Crippen MR) is 77.2 cm³/mol. The second-order valence-electron chi connectivity index (χ2n) is 5.01. The van der Waals surface area contributed by atoms with Gasteiger partial charge in [-0.3, -0.25) is 19.2 Å². The zero-order chi connectivity index (χ0) is 20.0. The Morgan fingerprint density at radius 2 is 0.885 bits per heavy atom. The minimum atomic E-state index is -3.09. The number of carbonyl (C=O) groups excluding carboxylic acids is 2. The summed E-state index contributed by atoms with van der Waals surface area (Å²) in [4.78, 5) is 65.5. The van der Waals surface area contributed by atoms with E-state index >= 15 is 0 Å². The molecule has 0 aromatic rings. The van der Waals surface area contributed by atoms with Gasteiger partial charge in [0.05, 0.1) is 25.7 Å². The molecule has 0 rings (SSSR count). The standard InChI is InChI=1S/C12H14O13.Na.H/c13-5(14)1-11(23,9(19)20)3-7(17)25-8(18)4-12(24,10(21)22)2-6(15)16;;/h23-24H,1-4H2,(H,13,14)(H,15,16)(H,19,20)(H,21,22);;. The summed E-state index contributed by atoms with van der Waals surface area (Å²) in [5.74, 6) is -11.2. The normalized spacial score (nSPS) is 14.7. The molecule has 0 saturated carbocycles. The van der Waals surface area contributed by atoms with E-state index in [0.717, 1.165) is 0 Å². The molecule has 2 unspecified atom stereocenters. The van der Waals surface area contributed by atoms with Crippen LogP contribution in [0.25, 0.3) is 0 Å². The predicted octanol–water partition coefficient (Wildman–Crippen LogP) is -3.23. The van der Waals surface area contributed by atoms with Crippen molar-refractivity contribution in [2.45, 2.75) is 36.9 Å². The van der Waals surface area contributed by atoms with Gasteiger partial charge in [-0.1, -0.05) is 0 Å². The van der Waals surface area contributed by atoms with Crippen molar-refractivity contribution in [2.75, 3.05) is 0 Å². The van der Waals surface area contributed by atoms with Gasteiger partial charge < -0.3 is 35.4 Å². The Morgan fingerprint density at radius 1 is 0.615 bits per heavy atom. The number of rotatable bonds is 10. The zero-order valence-electron chi connectivity index (χ0n) is 12.4. The van der Waals surface area contributed by atoms with Crippen LogP contribution in [0.5, 0.6) is 0 Å². The summed E-state index contributed by atoms with van der Waals surface area (Å²) in [6.45, 7) is 0. The van der Waals surface area contributed by atoms with E-state index < -0.39 is 72.7 Å². The van der Waals surface area contributed by atoms with Gasteiger partial charge >= 0.3 is 65.4 Å². The number of carboxylic acids is 4. The van der Waals surface area contributed by atoms with Crippen molar-refractivity contribution in [1.82, 2.24) is 0 Å². The number of carbonyl (C=O) groups is 6. The molecule has 0 bridgehead atoms. The number of esters is 2. The molecule has 0 aliphatic rings. The molecular weight excluding hydrogens is 375 g/mol. The Kier molecular flexibility index (Phi) is 10.2. The van der Waals surface area contributed by atoms with Gasteiger partial charge in [0.1, 0.15) is 0 Å². The van der Waals surface area contributed by atoms with Gasteiger partial charge in [0.15, 0.2) is 11.2 Å². The Morgan fingerprint density at radius 3 is 1.08 bits per heavy atom. The Hall–Kier alpha value is -2.06. The summed E-state index contributed by atoms with van der Waals surface area (Å²) in [5.41, 5.74) is -6.18. The van der Waals surface area contributed by atoms with Crippen molar-refractivity contribution in [3.63, 3.8) is 0 Å². The molecule has 0 radical (unpaired) electrons. The van der Waals surface area contributed by atoms with Crippen LogP contribution in [0.15, 0.2) is 0 Å². The summed E-state index contributed by atoms with van der Waals surface area (Å²) in [6.07, 6.45) is -5.73. The fourth-order valence-electron chi connectivity index (χ4n) is 1.60. The quantitative estimate of drug-likeness (QED) is 0.122. The van der Waals surface area contributed by atoms with Crippen LogP contribution in [-0.4, -0.2) is 107 Å². The van der Waals surface area contributed by atoms with Gasteiger partial charge in [-0.05, 0) is 0 Å². The van der Waals surface area contributed by atoms with Crippen molar-refractivity contribution in [2.24, 2.45) is 0 Å². The van der Waals surface area contributed by atoms with E-state index in [0.29, 0.717) is 0 Å². The van der Waals surface area contributed by atoms with Crippen molar-refractivity contribution in [3.05, 3.63) is 0 Å². The number of aliphatic hydroxyl groups is 2. The van der Waals surface area contributed by atoms with E-state index in [-0.39, 0.29) is 29.6 Å². The first kappa shape index (κ1) is 26.2. The SMILES string of the molecule is O=C(O)CC(O)(CC(=O)OC(=O)CC(O)(CC(=O)O)C(=O)O)C(=O)O.[NaH]. The molecule has 13 nitrogen and oxygen atoms in total. The molecule has 0 aromatic carbocycles. The summed E-state index contributed by atoms with van der Waals surface area (Å²) in [7, 11) is 0. The van der Waals surface area contributed by atoms with E-state index in [1.165, 1.54) is 0 Å². The van der Waals surface area contributed by atoms with Crippen LogP contribution in [0.1, 0.15) is 25.7 Å². The van der Waals surface area contributed by atoms with Gasteiger partial charge in [-0.15, -0.1) is 0 Å². The summed E-state index contributed by atoms with van der Waals surface area (Å²) < 4.78 is 3.99. The van der Waals surface area contributed by atoms with Gasteiger partial charge in [-0.25, -0.2) is 9.59 Å². The van der Waals surface area contributed by atoms with E-state index in [9.17, 15) is 39.0 Å². The second-order valence-corrected chi connectivity index (χ2v) is 5.01. The molecule has 0 aliphatic carbocycles. The first-order valence-electron chi connectivity index (χ1n) is 6.30. The van der Waals surface area contributed by atoms with Crippen LogP contribution < -0.4 is 0 Å². The number of carboxylic acid groups (broad SMARTS) is 4. The molecule has 142 valence electrons. The van der Waals surface area contributed by atoms with E-state index in [1.807, 2.05) is 0 Å². The number of ether oxygens (including phenoxy) is 1. The Balaban J connectivity index is 0. The van der Waals surface area contributed by atoms with E-state index in [2.05, 4.69) is 4.74 Å². The molecule has 0 spiro atoms. The van der Waals surface area contributed by atoms with Crippen molar-refractivity contribution < 1.29 is 64.1 Å². The van der Waals surface area contributed by atoms with E-state index in [1.54, 1.807) is 0 Å². The van der Waals surface area contributed by atoms with Crippen molar-refractivity contribution in [1.29, 1.82) is 0 Å². The monoisotopic (exact) mass is 390 g/mol. The van der Waals surface area contributed by atoms with Crippen LogP contribution in [-0.2, 0) is 33.5 Å². The molecule has 6 N–H and O–H groups in total. The second kappa shape index (κ2) is 10.2. The van der Waals surface area contributed by atoms with Gasteiger partial charge in [0.2, 0.25) is 0 Å². The molecule has 2 atom stereocenters. The summed E-state index contributed by atoms with van der Waals surface area (Å²) in [5, 5.41) is 53.6. The fraction of sp³-hybridized carbons (Fsp3) is 0.500. The molecule has 0 aliphatic heterocycles.